The molecule has 0 spiro atoms. The van der Waals surface area contributed by atoms with Crippen molar-refractivity contribution in [1.29, 1.82) is 0 Å². The maximum atomic E-state index is 12.0. The lowest BCUT2D eigenvalue weighted by Gasteiger charge is -2.06. The standard InChI is InChI=1S/C12H11ClN4O/c1-7-3-2-4-10(16-7)17-12(18)9-5-8(14)6-15-11(9)13/h2-6H,14H2,1H3,(H,16,17,18). The Morgan fingerprint density at radius 2 is 2.22 bits per heavy atom. The first-order valence-corrected chi connectivity index (χ1v) is 5.60. The second-order valence-electron chi connectivity index (χ2n) is 3.73. The van der Waals surface area contributed by atoms with Crippen molar-refractivity contribution < 1.29 is 4.79 Å². The molecule has 5 nitrogen and oxygen atoms in total. The molecule has 0 unspecified atom stereocenters. The molecule has 3 N–H and O–H groups in total. The molecule has 2 heterocycles. The normalized spacial score (nSPS) is 10.1. The van der Waals surface area contributed by atoms with E-state index < -0.39 is 5.91 Å². The lowest BCUT2D eigenvalue weighted by molar-refractivity contribution is 0.102. The molecule has 18 heavy (non-hydrogen) atoms. The smallest absolute Gasteiger partial charge is 0.260 e. The second kappa shape index (κ2) is 5.01. The Bertz CT molecular complexity index is 600. The van der Waals surface area contributed by atoms with Gasteiger partial charge in [-0.1, -0.05) is 17.7 Å². The lowest BCUT2D eigenvalue weighted by atomic mass is 10.2. The zero-order valence-corrected chi connectivity index (χ0v) is 10.4. The van der Waals surface area contributed by atoms with Crippen LogP contribution in [0.3, 0.4) is 0 Å². The summed E-state index contributed by atoms with van der Waals surface area (Å²) in [4.78, 5) is 19.9. The van der Waals surface area contributed by atoms with Gasteiger partial charge in [-0.2, -0.15) is 0 Å². The van der Waals surface area contributed by atoms with Crippen LogP contribution in [0, 0.1) is 6.92 Å². The minimum atomic E-state index is -0.391. The molecular formula is C12H11ClN4O. The van der Waals surface area contributed by atoms with E-state index in [1.807, 2.05) is 13.0 Å². The van der Waals surface area contributed by atoms with Crippen molar-refractivity contribution >= 4 is 29.0 Å². The third kappa shape index (κ3) is 2.75. The maximum absolute atomic E-state index is 12.0. The second-order valence-corrected chi connectivity index (χ2v) is 4.08. The van der Waals surface area contributed by atoms with Gasteiger partial charge in [-0.25, -0.2) is 9.97 Å². The number of aromatic nitrogens is 2. The van der Waals surface area contributed by atoms with Crippen molar-refractivity contribution in [2.75, 3.05) is 11.1 Å². The van der Waals surface area contributed by atoms with Gasteiger partial charge < -0.3 is 11.1 Å². The first kappa shape index (κ1) is 12.3. The SMILES string of the molecule is Cc1cccc(NC(=O)c2cc(N)cnc2Cl)n1. The number of amides is 1. The zero-order valence-electron chi connectivity index (χ0n) is 9.64. The van der Waals surface area contributed by atoms with Gasteiger partial charge in [-0.15, -0.1) is 0 Å². The van der Waals surface area contributed by atoms with E-state index in [1.165, 1.54) is 12.3 Å². The number of hydrogen-bond donors (Lipinski definition) is 2. The van der Waals surface area contributed by atoms with Crippen LogP contribution in [0.15, 0.2) is 30.5 Å². The summed E-state index contributed by atoms with van der Waals surface area (Å²) in [6.07, 6.45) is 1.39. The number of halogens is 1. The van der Waals surface area contributed by atoms with E-state index in [9.17, 15) is 4.79 Å². The summed E-state index contributed by atoms with van der Waals surface area (Å²) < 4.78 is 0. The molecule has 0 saturated heterocycles. The van der Waals surface area contributed by atoms with E-state index in [4.69, 9.17) is 17.3 Å². The molecule has 0 atom stereocenters. The van der Waals surface area contributed by atoms with E-state index in [0.29, 0.717) is 11.5 Å². The monoisotopic (exact) mass is 262 g/mol. The molecule has 0 radical (unpaired) electrons. The number of nitrogen functional groups attached to an aromatic ring is 1. The Labute approximate surface area is 109 Å². The number of carbonyl (C=O) groups excluding carboxylic acids is 1. The number of rotatable bonds is 2. The van der Waals surface area contributed by atoms with Crippen LogP contribution in [0.2, 0.25) is 5.15 Å². The molecular weight excluding hydrogens is 252 g/mol. The molecule has 0 aliphatic carbocycles. The van der Waals surface area contributed by atoms with Crippen molar-refractivity contribution in [3.63, 3.8) is 0 Å². The maximum Gasteiger partial charge on any atom is 0.260 e. The predicted octanol–water partition coefficient (Wildman–Crippen LogP) is 2.27. The van der Waals surface area contributed by atoms with Gasteiger partial charge in [0, 0.05) is 5.69 Å². The van der Waals surface area contributed by atoms with Crippen molar-refractivity contribution in [2.45, 2.75) is 6.92 Å². The summed E-state index contributed by atoms with van der Waals surface area (Å²) in [5, 5.41) is 2.74. The molecule has 0 saturated carbocycles. The highest BCUT2D eigenvalue weighted by atomic mass is 35.5. The van der Waals surface area contributed by atoms with Crippen LogP contribution in [0.4, 0.5) is 11.5 Å². The van der Waals surface area contributed by atoms with Crippen LogP contribution in [0.25, 0.3) is 0 Å². The van der Waals surface area contributed by atoms with E-state index in [1.54, 1.807) is 12.1 Å². The Morgan fingerprint density at radius 3 is 2.94 bits per heavy atom. The number of pyridine rings is 2. The van der Waals surface area contributed by atoms with Gasteiger partial charge in [-0.3, -0.25) is 4.79 Å². The molecule has 2 aromatic heterocycles. The quantitative estimate of drug-likeness (QED) is 0.814. The Kier molecular flexibility index (Phi) is 3.43. The van der Waals surface area contributed by atoms with Gasteiger partial charge in [0.05, 0.1) is 17.4 Å². The van der Waals surface area contributed by atoms with Crippen molar-refractivity contribution in [1.82, 2.24) is 9.97 Å². The third-order valence-electron chi connectivity index (χ3n) is 2.23. The number of nitrogens with one attached hydrogen (secondary N) is 1. The molecule has 0 aromatic carbocycles. The van der Waals surface area contributed by atoms with Gasteiger partial charge >= 0.3 is 0 Å². The van der Waals surface area contributed by atoms with Crippen LogP contribution in [0.5, 0.6) is 0 Å². The summed E-state index contributed by atoms with van der Waals surface area (Å²) in [7, 11) is 0. The Hall–Kier alpha value is -2.14. The van der Waals surface area contributed by atoms with Gasteiger partial charge in [0.1, 0.15) is 11.0 Å². The first-order valence-electron chi connectivity index (χ1n) is 5.22. The molecule has 0 bridgehead atoms. The molecule has 2 rings (SSSR count). The topological polar surface area (TPSA) is 80.9 Å². The summed E-state index contributed by atoms with van der Waals surface area (Å²) in [6, 6.07) is 6.81. The number of aryl methyl sites for hydroxylation is 1. The van der Waals surface area contributed by atoms with Gasteiger partial charge in [0.15, 0.2) is 0 Å². The number of carbonyl (C=O) groups is 1. The van der Waals surface area contributed by atoms with Gasteiger partial charge in [0.25, 0.3) is 5.91 Å². The minimum Gasteiger partial charge on any atom is -0.397 e. The average molecular weight is 263 g/mol. The Balaban J connectivity index is 2.24. The molecule has 0 fully saturated rings. The first-order chi connectivity index (χ1) is 8.56. The molecule has 0 aliphatic heterocycles. The van der Waals surface area contributed by atoms with Crippen LogP contribution >= 0.6 is 11.6 Å². The van der Waals surface area contributed by atoms with Gasteiger partial charge in [-0.05, 0) is 25.1 Å². The van der Waals surface area contributed by atoms with Crippen LogP contribution < -0.4 is 11.1 Å². The van der Waals surface area contributed by atoms with Crippen molar-refractivity contribution in [2.24, 2.45) is 0 Å². The molecule has 6 heteroatoms. The fraction of sp³-hybridized carbons (Fsp3) is 0.0833. The highest BCUT2D eigenvalue weighted by Gasteiger charge is 2.12. The molecule has 92 valence electrons. The fourth-order valence-electron chi connectivity index (χ4n) is 1.42. The predicted molar refractivity (Wildman–Crippen MR) is 70.6 cm³/mol. The number of nitrogens with two attached hydrogens (primary N) is 1. The molecule has 2 aromatic rings. The lowest BCUT2D eigenvalue weighted by Crippen LogP contribution is -2.14. The van der Waals surface area contributed by atoms with Gasteiger partial charge in [0.2, 0.25) is 0 Å². The summed E-state index contributed by atoms with van der Waals surface area (Å²) >= 11 is 5.84. The highest BCUT2D eigenvalue weighted by molar-refractivity contribution is 6.33. The highest BCUT2D eigenvalue weighted by Crippen LogP contribution is 2.17. The summed E-state index contributed by atoms with van der Waals surface area (Å²) in [5.74, 6) is 0.0661. The van der Waals surface area contributed by atoms with E-state index >= 15 is 0 Å². The van der Waals surface area contributed by atoms with Crippen LogP contribution in [-0.4, -0.2) is 15.9 Å². The molecule has 1 amide bonds. The zero-order chi connectivity index (χ0) is 13.1. The van der Waals surface area contributed by atoms with E-state index in [0.717, 1.165) is 5.69 Å². The van der Waals surface area contributed by atoms with Crippen LogP contribution in [0.1, 0.15) is 16.1 Å². The Morgan fingerprint density at radius 1 is 1.44 bits per heavy atom. The van der Waals surface area contributed by atoms with Crippen LogP contribution in [-0.2, 0) is 0 Å². The largest absolute Gasteiger partial charge is 0.397 e. The number of hydrogen-bond acceptors (Lipinski definition) is 4. The number of nitrogens with zero attached hydrogens (tertiary/aromatic N) is 2. The van der Waals surface area contributed by atoms with Crippen molar-refractivity contribution in [3.8, 4) is 0 Å². The molecule has 0 aliphatic rings. The number of anilines is 2. The fourth-order valence-corrected chi connectivity index (χ4v) is 1.61. The van der Waals surface area contributed by atoms with E-state index in [2.05, 4.69) is 15.3 Å². The summed E-state index contributed by atoms with van der Waals surface area (Å²) in [5.41, 5.74) is 6.97. The average Bonchev–Trinajstić information content (AvgIpc) is 2.32. The van der Waals surface area contributed by atoms with Crippen molar-refractivity contribution in [3.05, 3.63) is 46.9 Å². The third-order valence-corrected chi connectivity index (χ3v) is 2.54. The van der Waals surface area contributed by atoms with E-state index in [-0.39, 0.29) is 10.7 Å². The minimum absolute atomic E-state index is 0.106. The summed E-state index contributed by atoms with van der Waals surface area (Å²) in [6.45, 7) is 1.84.